The highest BCUT2D eigenvalue weighted by molar-refractivity contribution is 7.81. The van der Waals surface area contributed by atoms with Crippen LogP contribution in [0.5, 0.6) is 0 Å². The number of thiol groups is 1. The summed E-state index contributed by atoms with van der Waals surface area (Å²) in [5.41, 5.74) is 0. The van der Waals surface area contributed by atoms with E-state index in [-0.39, 0.29) is 17.1 Å². The fourth-order valence-corrected chi connectivity index (χ4v) is 2.38. The van der Waals surface area contributed by atoms with Gasteiger partial charge in [-0.2, -0.15) is 12.6 Å². The number of hydrogen-bond acceptors (Lipinski definition) is 3. The first kappa shape index (κ1) is 14.8. The Labute approximate surface area is 111 Å². The van der Waals surface area contributed by atoms with E-state index in [4.69, 9.17) is 0 Å². The van der Waals surface area contributed by atoms with E-state index in [9.17, 15) is 4.79 Å². The molecule has 0 aromatic rings. The molecule has 1 aliphatic carbocycles. The number of rotatable bonds is 6. The van der Waals surface area contributed by atoms with Crippen molar-refractivity contribution in [2.45, 2.75) is 50.8 Å². The Balaban J connectivity index is 2.16. The van der Waals surface area contributed by atoms with E-state index < -0.39 is 0 Å². The molecule has 1 amide bonds. The molecule has 1 rings (SSSR count). The Morgan fingerprint density at radius 1 is 1.41 bits per heavy atom. The first-order chi connectivity index (χ1) is 8.02. The van der Waals surface area contributed by atoms with Gasteiger partial charge in [0.2, 0.25) is 5.91 Å². The van der Waals surface area contributed by atoms with Crippen LogP contribution >= 0.6 is 12.6 Å². The monoisotopic (exact) mass is 258 g/mol. The highest BCUT2D eigenvalue weighted by atomic mass is 32.1. The zero-order valence-corrected chi connectivity index (χ0v) is 12.2. The van der Waals surface area contributed by atoms with Crippen LogP contribution in [0.15, 0.2) is 0 Å². The predicted molar refractivity (Wildman–Crippen MR) is 75.5 cm³/mol. The van der Waals surface area contributed by atoms with Crippen LogP contribution in [0.4, 0.5) is 0 Å². The van der Waals surface area contributed by atoms with E-state index in [1.165, 1.54) is 25.7 Å². The van der Waals surface area contributed by atoms with Gasteiger partial charge in [0.05, 0.1) is 5.25 Å². The Morgan fingerprint density at radius 2 is 2.00 bits per heavy atom. The highest BCUT2D eigenvalue weighted by Gasteiger charge is 2.20. The third-order valence-corrected chi connectivity index (χ3v) is 4.44. The van der Waals surface area contributed by atoms with Gasteiger partial charge in [-0.1, -0.05) is 26.7 Å². The minimum atomic E-state index is -0.188. The molecule has 3 nitrogen and oxygen atoms in total. The Kier molecular flexibility index (Phi) is 6.34. The van der Waals surface area contributed by atoms with Gasteiger partial charge in [-0.25, -0.2) is 0 Å². The Hall–Kier alpha value is -0.220. The third kappa shape index (κ3) is 4.88. The van der Waals surface area contributed by atoms with Crippen LogP contribution < -0.4 is 5.32 Å². The quantitative estimate of drug-likeness (QED) is 0.714. The second-order valence-electron chi connectivity index (χ2n) is 5.40. The summed E-state index contributed by atoms with van der Waals surface area (Å²) in [7, 11) is 2.16. The molecule has 1 atom stereocenters. The molecule has 0 saturated heterocycles. The van der Waals surface area contributed by atoms with Crippen LogP contribution in [0.2, 0.25) is 0 Å². The molecule has 4 heteroatoms. The molecule has 1 unspecified atom stereocenters. The van der Waals surface area contributed by atoms with Crippen LogP contribution in [0.1, 0.15) is 39.5 Å². The van der Waals surface area contributed by atoms with Gasteiger partial charge >= 0.3 is 0 Å². The fraction of sp³-hybridized carbons (Fsp3) is 0.923. The third-order valence-electron chi connectivity index (χ3n) is 3.61. The van der Waals surface area contributed by atoms with Gasteiger partial charge in [0.1, 0.15) is 0 Å². The molecule has 1 aliphatic rings. The molecule has 0 radical (unpaired) electrons. The van der Waals surface area contributed by atoms with Crippen LogP contribution in [0.25, 0.3) is 0 Å². The summed E-state index contributed by atoms with van der Waals surface area (Å²) in [6.45, 7) is 5.70. The van der Waals surface area contributed by atoms with E-state index in [0.29, 0.717) is 0 Å². The number of likely N-dealkylation sites (N-methyl/N-ethyl adjacent to an activating group) is 1. The topological polar surface area (TPSA) is 32.3 Å². The molecule has 1 saturated carbocycles. The number of nitrogens with zero attached hydrogens (tertiary/aromatic N) is 1. The normalized spacial score (nSPS) is 18.9. The molecular weight excluding hydrogens is 232 g/mol. The van der Waals surface area contributed by atoms with Crippen LogP contribution in [0, 0.1) is 5.92 Å². The second-order valence-corrected chi connectivity index (χ2v) is 5.96. The van der Waals surface area contributed by atoms with Crippen molar-refractivity contribution in [1.82, 2.24) is 10.2 Å². The van der Waals surface area contributed by atoms with E-state index in [2.05, 4.69) is 29.9 Å². The van der Waals surface area contributed by atoms with E-state index in [0.717, 1.165) is 19.1 Å². The first-order valence-corrected chi connectivity index (χ1v) is 7.20. The summed E-state index contributed by atoms with van der Waals surface area (Å²) >= 11 is 4.31. The van der Waals surface area contributed by atoms with Crippen molar-refractivity contribution in [2.24, 2.45) is 5.92 Å². The number of amides is 1. The van der Waals surface area contributed by atoms with Gasteiger partial charge in [-0.15, -0.1) is 0 Å². The van der Waals surface area contributed by atoms with Crippen molar-refractivity contribution in [3.8, 4) is 0 Å². The van der Waals surface area contributed by atoms with Crippen molar-refractivity contribution in [3.05, 3.63) is 0 Å². The molecule has 1 fully saturated rings. The largest absolute Gasteiger partial charge is 0.354 e. The minimum absolute atomic E-state index is 0.0585. The van der Waals surface area contributed by atoms with Gasteiger partial charge in [0.15, 0.2) is 0 Å². The highest BCUT2D eigenvalue weighted by Crippen LogP contribution is 2.21. The smallest absolute Gasteiger partial charge is 0.233 e. The van der Waals surface area contributed by atoms with E-state index in [1.54, 1.807) is 0 Å². The number of carbonyl (C=O) groups is 1. The maximum atomic E-state index is 11.7. The molecular formula is C13H26N2OS. The number of nitrogens with one attached hydrogen (secondary N) is 1. The van der Waals surface area contributed by atoms with Crippen molar-refractivity contribution >= 4 is 18.5 Å². The van der Waals surface area contributed by atoms with Crippen molar-refractivity contribution in [3.63, 3.8) is 0 Å². The average molecular weight is 258 g/mol. The average Bonchev–Trinajstić information content (AvgIpc) is 2.80. The summed E-state index contributed by atoms with van der Waals surface area (Å²) in [5.74, 6) is 0.342. The van der Waals surface area contributed by atoms with Crippen molar-refractivity contribution < 1.29 is 4.79 Å². The zero-order chi connectivity index (χ0) is 12.8. The van der Waals surface area contributed by atoms with Crippen molar-refractivity contribution in [2.75, 3.05) is 20.1 Å². The standard InChI is InChI=1S/C13H26N2OS/c1-10(2)12(17)13(16)14-8-9-15(3)11-6-4-5-7-11/h10-12,17H,4-9H2,1-3H3,(H,14,16). The maximum Gasteiger partial charge on any atom is 0.233 e. The van der Waals surface area contributed by atoms with E-state index in [1.807, 2.05) is 13.8 Å². The van der Waals surface area contributed by atoms with Crippen molar-refractivity contribution in [1.29, 1.82) is 0 Å². The lowest BCUT2D eigenvalue weighted by Gasteiger charge is -2.24. The summed E-state index contributed by atoms with van der Waals surface area (Å²) in [4.78, 5) is 14.1. The Bertz CT molecular complexity index is 240. The van der Waals surface area contributed by atoms with Crippen LogP contribution in [0.3, 0.4) is 0 Å². The molecule has 0 heterocycles. The maximum absolute atomic E-state index is 11.7. The lowest BCUT2D eigenvalue weighted by atomic mass is 10.1. The first-order valence-electron chi connectivity index (χ1n) is 6.68. The SMILES string of the molecule is CC(C)C(S)C(=O)NCCN(C)C1CCCC1. The molecule has 0 aromatic heterocycles. The molecule has 17 heavy (non-hydrogen) atoms. The number of carbonyl (C=O) groups excluding carboxylic acids is 1. The Morgan fingerprint density at radius 3 is 2.53 bits per heavy atom. The fourth-order valence-electron chi connectivity index (χ4n) is 2.29. The predicted octanol–water partition coefficient (Wildman–Crippen LogP) is 1.93. The van der Waals surface area contributed by atoms with Gasteiger partial charge in [-0.05, 0) is 25.8 Å². The number of hydrogen-bond donors (Lipinski definition) is 2. The zero-order valence-electron chi connectivity index (χ0n) is 11.3. The molecule has 100 valence electrons. The van der Waals surface area contributed by atoms with Gasteiger partial charge < -0.3 is 10.2 Å². The lowest BCUT2D eigenvalue weighted by molar-refractivity contribution is -0.121. The lowest BCUT2D eigenvalue weighted by Crippen LogP contribution is -2.40. The molecule has 0 spiro atoms. The summed E-state index contributed by atoms with van der Waals surface area (Å²) in [6.07, 6.45) is 5.33. The minimum Gasteiger partial charge on any atom is -0.354 e. The molecule has 0 bridgehead atoms. The summed E-state index contributed by atoms with van der Waals surface area (Å²) < 4.78 is 0. The van der Waals surface area contributed by atoms with Gasteiger partial charge in [0.25, 0.3) is 0 Å². The van der Waals surface area contributed by atoms with Crippen LogP contribution in [-0.4, -0.2) is 42.2 Å². The molecule has 0 aliphatic heterocycles. The summed E-state index contributed by atoms with van der Waals surface area (Å²) in [5, 5.41) is 2.77. The van der Waals surface area contributed by atoms with Gasteiger partial charge in [0, 0.05) is 19.1 Å². The molecule has 0 aromatic carbocycles. The van der Waals surface area contributed by atoms with Gasteiger partial charge in [-0.3, -0.25) is 4.79 Å². The molecule has 1 N–H and O–H groups in total. The van der Waals surface area contributed by atoms with E-state index >= 15 is 0 Å². The van der Waals surface area contributed by atoms with Crippen LogP contribution in [-0.2, 0) is 4.79 Å². The second kappa shape index (κ2) is 7.27. The summed E-state index contributed by atoms with van der Waals surface area (Å²) in [6, 6.07) is 0.726.